The minimum atomic E-state index is -3.57. The van der Waals surface area contributed by atoms with E-state index in [0.29, 0.717) is 37.7 Å². The molecule has 0 aliphatic carbocycles. The summed E-state index contributed by atoms with van der Waals surface area (Å²) < 4.78 is 30.4. The number of imidazole rings is 1. The lowest BCUT2D eigenvalue weighted by Crippen LogP contribution is -2.48. The van der Waals surface area contributed by atoms with Crippen molar-refractivity contribution < 1.29 is 8.42 Å². The van der Waals surface area contributed by atoms with Gasteiger partial charge in [0.25, 0.3) is 10.0 Å². The number of rotatable bonds is 3. The zero-order chi connectivity index (χ0) is 18.5. The molecule has 1 fully saturated rings. The molecule has 0 amide bonds. The highest BCUT2D eigenvalue weighted by Crippen LogP contribution is 2.21. The van der Waals surface area contributed by atoms with Crippen molar-refractivity contribution in [3.63, 3.8) is 0 Å². The number of sulfonamides is 1. The molecule has 0 atom stereocenters. The number of aromatic nitrogens is 6. The lowest BCUT2D eigenvalue weighted by molar-refractivity contribution is 0.383. The molecule has 138 valence electrons. The highest BCUT2D eigenvalue weighted by Gasteiger charge is 2.30. The SMILES string of the molecule is Cc1nc(S(=O)(=O)N2CCN(c3cnn4c(C)nnc4c3)CC2)cn1C. The van der Waals surface area contributed by atoms with Crippen LogP contribution < -0.4 is 4.90 Å². The highest BCUT2D eigenvalue weighted by molar-refractivity contribution is 7.89. The number of nitrogens with zero attached hydrogens (tertiary/aromatic N) is 8. The number of aryl methyl sites for hydroxylation is 3. The molecule has 0 N–H and O–H groups in total. The second-order valence-electron chi connectivity index (χ2n) is 6.36. The summed E-state index contributed by atoms with van der Waals surface area (Å²) in [6, 6.07) is 1.92. The Morgan fingerprint density at radius 2 is 1.77 bits per heavy atom. The van der Waals surface area contributed by atoms with Crippen LogP contribution in [0.15, 0.2) is 23.5 Å². The molecule has 0 spiro atoms. The smallest absolute Gasteiger partial charge is 0.262 e. The number of hydrogen-bond donors (Lipinski definition) is 0. The molecule has 0 radical (unpaired) electrons. The first-order valence-electron chi connectivity index (χ1n) is 8.29. The average Bonchev–Trinajstić information content (AvgIpc) is 3.18. The van der Waals surface area contributed by atoms with Gasteiger partial charge in [0.05, 0.1) is 11.9 Å². The van der Waals surface area contributed by atoms with Crippen LogP contribution in [0.5, 0.6) is 0 Å². The van der Waals surface area contributed by atoms with E-state index < -0.39 is 10.0 Å². The van der Waals surface area contributed by atoms with Gasteiger partial charge >= 0.3 is 0 Å². The van der Waals surface area contributed by atoms with Crippen molar-refractivity contribution >= 4 is 21.4 Å². The summed E-state index contributed by atoms with van der Waals surface area (Å²) in [7, 11) is -1.78. The lowest BCUT2D eigenvalue weighted by atomic mass is 10.3. The Bertz CT molecular complexity index is 1040. The number of fused-ring (bicyclic) bond motifs is 1. The predicted octanol–water partition coefficient (Wildman–Crippen LogP) is -0.0145. The van der Waals surface area contributed by atoms with Gasteiger partial charge in [-0.25, -0.2) is 13.4 Å². The van der Waals surface area contributed by atoms with Crippen molar-refractivity contribution in [2.24, 2.45) is 7.05 Å². The maximum absolute atomic E-state index is 12.8. The van der Waals surface area contributed by atoms with Gasteiger partial charge in [0.2, 0.25) is 0 Å². The van der Waals surface area contributed by atoms with E-state index in [9.17, 15) is 8.42 Å². The predicted molar refractivity (Wildman–Crippen MR) is 94.4 cm³/mol. The zero-order valence-corrected chi connectivity index (χ0v) is 15.7. The van der Waals surface area contributed by atoms with Crippen LogP contribution in [-0.2, 0) is 17.1 Å². The first-order valence-corrected chi connectivity index (χ1v) is 9.73. The Morgan fingerprint density at radius 1 is 1.04 bits per heavy atom. The van der Waals surface area contributed by atoms with Crippen LogP contribution in [-0.4, -0.2) is 68.3 Å². The van der Waals surface area contributed by atoms with Crippen LogP contribution in [0, 0.1) is 13.8 Å². The third kappa shape index (κ3) is 2.72. The molecule has 0 saturated carbocycles. The van der Waals surface area contributed by atoms with Crippen LogP contribution >= 0.6 is 0 Å². The molecule has 4 rings (SSSR count). The summed E-state index contributed by atoms with van der Waals surface area (Å²) in [5.74, 6) is 1.40. The molecule has 10 nitrogen and oxygen atoms in total. The third-order valence-electron chi connectivity index (χ3n) is 4.70. The zero-order valence-electron chi connectivity index (χ0n) is 14.9. The molecule has 1 aliphatic rings. The van der Waals surface area contributed by atoms with Gasteiger partial charge in [0.15, 0.2) is 16.5 Å². The van der Waals surface area contributed by atoms with E-state index in [2.05, 4.69) is 25.2 Å². The van der Waals surface area contributed by atoms with E-state index in [1.165, 1.54) is 4.31 Å². The topological polar surface area (TPSA) is 102 Å². The third-order valence-corrected chi connectivity index (χ3v) is 6.47. The fraction of sp³-hybridized carbons (Fsp3) is 0.467. The molecule has 11 heteroatoms. The molecular formula is C15H20N8O2S. The Hall–Kier alpha value is -2.53. The van der Waals surface area contributed by atoms with Crippen LogP contribution in [0.2, 0.25) is 0 Å². The van der Waals surface area contributed by atoms with Crippen molar-refractivity contribution in [2.75, 3.05) is 31.1 Å². The fourth-order valence-corrected chi connectivity index (χ4v) is 4.48. The Balaban J connectivity index is 1.51. The van der Waals surface area contributed by atoms with Gasteiger partial charge in [-0.1, -0.05) is 0 Å². The average molecular weight is 376 g/mol. The molecule has 4 heterocycles. The maximum atomic E-state index is 12.8. The molecule has 1 saturated heterocycles. The number of hydrogen-bond acceptors (Lipinski definition) is 7. The van der Waals surface area contributed by atoms with E-state index in [1.807, 2.05) is 13.0 Å². The minimum absolute atomic E-state index is 0.105. The molecule has 26 heavy (non-hydrogen) atoms. The standard InChI is InChI=1S/C15H20N8O2S/c1-11-17-15(10-20(11)3)26(24,25)22-6-4-21(5-7-22)13-8-14-19-18-12(2)23(14)16-9-13/h8-10H,4-7H2,1-3H3. The molecular weight excluding hydrogens is 356 g/mol. The van der Waals surface area contributed by atoms with Crippen molar-refractivity contribution in [1.82, 2.24) is 33.7 Å². The van der Waals surface area contributed by atoms with Gasteiger partial charge in [0, 0.05) is 45.5 Å². The Labute approximate surface area is 151 Å². The summed E-state index contributed by atoms with van der Waals surface area (Å²) in [6.45, 7) is 5.58. The Kier molecular flexibility index (Phi) is 3.92. The summed E-state index contributed by atoms with van der Waals surface area (Å²) in [5.41, 5.74) is 1.59. The van der Waals surface area contributed by atoms with Gasteiger partial charge < -0.3 is 9.47 Å². The quantitative estimate of drug-likeness (QED) is 0.633. The Morgan fingerprint density at radius 3 is 2.42 bits per heavy atom. The summed E-state index contributed by atoms with van der Waals surface area (Å²) in [4.78, 5) is 6.27. The van der Waals surface area contributed by atoms with Crippen LogP contribution in [0.1, 0.15) is 11.6 Å². The van der Waals surface area contributed by atoms with Gasteiger partial charge in [0.1, 0.15) is 5.82 Å². The summed E-state index contributed by atoms with van der Waals surface area (Å²) in [6.07, 6.45) is 3.32. The van der Waals surface area contributed by atoms with Gasteiger partial charge in [-0.05, 0) is 13.8 Å². The first kappa shape index (κ1) is 16.9. The minimum Gasteiger partial charge on any atom is -0.367 e. The molecule has 3 aromatic heterocycles. The van der Waals surface area contributed by atoms with E-state index in [4.69, 9.17) is 0 Å². The van der Waals surface area contributed by atoms with Gasteiger partial charge in [-0.2, -0.15) is 13.9 Å². The normalized spacial score (nSPS) is 16.5. The van der Waals surface area contributed by atoms with Crippen LogP contribution in [0.25, 0.3) is 5.65 Å². The molecule has 3 aromatic rings. The molecule has 0 bridgehead atoms. The number of piperazine rings is 1. The van der Waals surface area contributed by atoms with E-state index in [-0.39, 0.29) is 5.03 Å². The second-order valence-corrected chi connectivity index (χ2v) is 8.24. The molecule has 0 unspecified atom stereocenters. The first-order chi connectivity index (χ1) is 12.4. The van der Waals surface area contributed by atoms with Crippen LogP contribution in [0.3, 0.4) is 0 Å². The summed E-state index contributed by atoms with van der Waals surface area (Å²) >= 11 is 0. The maximum Gasteiger partial charge on any atom is 0.262 e. The van der Waals surface area contributed by atoms with Crippen molar-refractivity contribution in [3.8, 4) is 0 Å². The van der Waals surface area contributed by atoms with E-state index in [0.717, 1.165) is 11.5 Å². The fourth-order valence-electron chi connectivity index (χ4n) is 3.04. The summed E-state index contributed by atoms with van der Waals surface area (Å²) in [5, 5.41) is 12.5. The molecule has 0 aromatic carbocycles. The van der Waals surface area contributed by atoms with Crippen LogP contribution in [0.4, 0.5) is 5.69 Å². The van der Waals surface area contributed by atoms with Crippen molar-refractivity contribution in [3.05, 3.63) is 30.1 Å². The van der Waals surface area contributed by atoms with Gasteiger partial charge in [-0.3, -0.25) is 0 Å². The lowest BCUT2D eigenvalue weighted by Gasteiger charge is -2.34. The van der Waals surface area contributed by atoms with Crippen molar-refractivity contribution in [1.29, 1.82) is 0 Å². The second kappa shape index (κ2) is 6.02. The monoisotopic (exact) mass is 376 g/mol. The van der Waals surface area contributed by atoms with Gasteiger partial charge in [-0.15, -0.1) is 10.2 Å². The highest BCUT2D eigenvalue weighted by atomic mass is 32.2. The van der Waals surface area contributed by atoms with E-state index in [1.54, 1.807) is 35.4 Å². The molecule has 1 aliphatic heterocycles. The van der Waals surface area contributed by atoms with E-state index >= 15 is 0 Å². The van der Waals surface area contributed by atoms with Crippen molar-refractivity contribution in [2.45, 2.75) is 18.9 Å². The number of anilines is 1. The largest absolute Gasteiger partial charge is 0.367 e.